The Labute approximate surface area is 123 Å². The zero-order valence-electron chi connectivity index (χ0n) is 12.4. The molecule has 21 heavy (non-hydrogen) atoms. The first-order chi connectivity index (χ1) is 10.0. The molecular formula is C14H21N3O4. The predicted octanol–water partition coefficient (Wildman–Crippen LogP) is 0.470. The van der Waals surface area contributed by atoms with E-state index in [2.05, 4.69) is 5.16 Å². The first kappa shape index (κ1) is 15.5. The van der Waals surface area contributed by atoms with Crippen molar-refractivity contribution in [2.45, 2.75) is 33.1 Å². The van der Waals surface area contributed by atoms with E-state index in [4.69, 9.17) is 5.21 Å². The molecule has 7 heteroatoms. The normalized spacial score (nSPS) is 27.1. The maximum absolute atomic E-state index is 12.3. The van der Waals surface area contributed by atoms with E-state index in [1.54, 1.807) is 4.90 Å². The van der Waals surface area contributed by atoms with Crippen molar-refractivity contribution in [3.63, 3.8) is 0 Å². The molecule has 7 nitrogen and oxygen atoms in total. The van der Waals surface area contributed by atoms with Crippen molar-refractivity contribution in [2.75, 3.05) is 19.6 Å². The first-order valence-electron chi connectivity index (χ1n) is 7.36. The Morgan fingerprint density at radius 1 is 1.29 bits per heavy atom. The number of imide groups is 1. The number of oxime groups is 1. The van der Waals surface area contributed by atoms with Crippen molar-refractivity contribution in [1.82, 2.24) is 9.80 Å². The van der Waals surface area contributed by atoms with Crippen molar-refractivity contribution in [3.8, 4) is 0 Å². The molecule has 2 rings (SSSR count). The zero-order valence-corrected chi connectivity index (χ0v) is 12.4. The molecule has 0 bridgehead atoms. The lowest BCUT2D eigenvalue weighted by atomic mass is 9.80. The van der Waals surface area contributed by atoms with E-state index in [-0.39, 0.29) is 30.2 Å². The topological polar surface area (TPSA) is 90.3 Å². The van der Waals surface area contributed by atoms with E-state index in [1.807, 2.05) is 13.8 Å². The lowest BCUT2D eigenvalue weighted by molar-refractivity contribution is -0.146. The van der Waals surface area contributed by atoms with Gasteiger partial charge in [0.2, 0.25) is 17.7 Å². The molecule has 0 radical (unpaired) electrons. The summed E-state index contributed by atoms with van der Waals surface area (Å²) < 4.78 is 0. The predicted molar refractivity (Wildman–Crippen MR) is 74.7 cm³/mol. The molecule has 1 saturated heterocycles. The lowest BCUT2D eigenvalue weighted by Crippen LogP contribution is -2.43. The van der Waals surface area contributed by atoms with E-state index in [0.29, 0.717) is 38.1 Å². The molecule has 0 aromatic rings. The standard InChI is InChI=1S/C14H21N3O4/c1-3-16(4-2)12(18)8-17-13(19)10-6-5-9(15-21)7-11(10)14(17)20/h10-11,21H,3-8H2,1-2H3/b15-9-. The molecule has 2 atom stereocenters. The number of likely N-dealkylation sites (tertiary alicyclic amines) is 1. The highest BCUT2D eigenvalue weighted by Crippen LogP contribution is 2.37. The Morgan fingerprint density at radius 3 is 2.48 bits per heavy atom. The van der Waals surface area contributed by atoms with E-state index >= 15 is 0 Å². The number of rotatable bonds is 4. The largest absolute Gasteiger partial charge is 0.411 e. The second-order valence-electron chi connectivity index (χ2n) is 5.45. The van der Waals surface area contributed by atoms with Gasteiger partial charge in [-0.2, -0.15) is 0 Å². The zero-order chi connectivity index (χ0) is 15.6. The van der Waals surface area contributed by atoms with Crippen LogP contribution in [0.4, 0.5) is 0 Å². The summed E-state index contributed by atoms with van der Waals surface area (Å²) in [6.07, 6.45) is 1.33. The van der Waals surface area contributed by atoms with Gasteiger partial charge in [-0.1, -0.05) is 5.16 Å². The fraction of sp³-hybridized carbons (Fsp3) is 0.714. The average molecular weight is 295 g/mol. The summed E-state index contributed by atoms with van der Waals surface area (Å²) in [5.74, 6) is -1.63. The minimum Gasteiger partial charge on any atom is -0.411 e. The molecular weight excluding hydrogens is 274 g/mol. The quantitative estimate of drug-likeness (QED) is 0.464. The van der Waals surface area contributed by atoms with Crippen LogP contribution >= 0.6 is 0 Å². The summed E-state index contributed by atoms with van der Waals surface area (Å²) in [5, 5.41) is 12.0. The van der Waals surface area contributed by atoms with Crippen LogP contribution in [0.3, 0.4) is 0 Å². The summed E-state index contributed by atoms with van der Waals surface area (Å²) in [4.78, 5) is 39.4. The van der Waals surface area contributed by atoms with Gasteiger partial charge in [-0.15, -0.1) is 0 Å². The van der Waals surface area contributed by atoms with Crippen molar-refractivity contribution < 1.29 is 19.6 Å². The number of hydrogen-bond acceptors (Lipinski definition) is 5. The first-order valence-corrected chi connectivity index (χ1v) is 7.36. The molecule has 2 fully saturated rings. The van der Waals surface area contributed by atoms with Crippen LogP contribution < -0.4 is 0 Å². The number of amides is 3. The molecule has 2 aliphatic rings. The smallest absolute Gasteiger partial charge is 0.242 e. The molecule has 3 amide bonds. The van der Waals surface area contributed by atoms with Gasteiger partial charge in [0.15, 0.2) is 0 Å². The summed E-state index contributed by atoms with van der Waals surface area (Å²) >= 11 is 0. The van der Waals surface area contributed by atoms with E-state index in [1.165, 1.54) is 0 Å². The summed E-state index contributed by atoms with van der Waals surface area (Å²) in [6, 6.07) is 0. The molecule has 0 aromatic carbocycles. The number of carbonyl (C=O) groups is 3. The monoisotopic (exact) mass is 295 g/mol. The minimum atomic E-state index is -0.471. The van der Waals surface area contributed by atoms with Crippen LogP contribution in [0.2, 0.25) is 0 Å². The van der Waals surface area contributed by atoms with Gasteiger partial charge < -0.3 is 10.1 Å². The van der Waals surface area contributed by atoms with E-state index in [0.717, 1.165) is 4.90 Å². The van der Waals surface area contributed by atoms with Gasteiger partial charge in [0, 0.05) is 19.5 Å². The third-order valence-corrected chi connectivity index (χ3v) is 4.40. The lowest BCUT2D eigenvalue weighted by Gasteiger charge is -2.22. The maximum Gasteiger partial charge on any atom is 0.242 e. The van der Waals surface area contributed by atoms with E-state index in [9.17, 15) is 14.4 Å². The molecule has 116 valence electrons. The van der Waals surface area contributed by atoms with Crippen LogP contribution in [0.15, 0.2) is 5.16 Å². The molecule has 1 heterocycles. The SMILES string of the molecule is CCN(CC)C(=O)CN1C(=O)C2CC/C(=N/O)CC2C1=O. The third-order valence-electron chi connectivity index (χ3n) is 4.40. The molecule has 0 spiro atoms. The van der Waals surface area contributed by atoms with Gasteiger partial charge in [-0.25, -0.2) is 0 Å². The number of hydrogen-bond donors (Lipinski definition) is 1. The van der Waals surface area contributed by atoms with E-state index < -0.39 is 5.92 Å². The van der Waals surface area contributed by atoms with Gasteiger partial charge in [-0.3, -0.25) is 19.3 Å². The van der Waals surface area contributed by atoms with Crippen LogP contribution in [-0.2, 0) is 14.4 Å². The third kappa shape index (κ3) is 2.77. The fourth-order valence-electron chi connectivity index (χ4n) is 3.14. The van der Waals surface area contributed by atoms with Crippen LogP contribution in [0.1, 0.15) is 33.1 Å². The molecule has 1 aliphatic carbocycles. The number of nitrogens with zero attached hydrogens (tertiary/aromatic N) is 3. The Balaban J connectivity index is 2.10. The highest BCUT2D eigenvalue weighted by molar-refractivity contribution is 6.09. The summed E-state index contributed by atoms with van der Waals surface area (Å²) in [5.41, 5.74) is 0.550. The van der Waals surface area contributed by atoms with Gasteiger partial charge >= 0.3 is 0 Å². The Morgan fingerprint density at radius 2 is 1.90 bits per heavy atom. The molecule has 1 N–H and O–H groups in total. The highest BCUT2D eigenvalue weighted by Gasteiger charge is 2.50. The number of carbonyl (C=O) groups excluding carboxylic acids is 3. The maximum atomic E-state index is 12.3. The highest BCUT2D eigenvalue weighted by atomic mass is 16.4. The van der Waals surface area contributed by atoms with Gasteiger partial charge in [0.25, 0.3) is 0 Å². The van der Waals surface area contributed by atoms with Crippen molar-refractivity contribution in [1.29, 1.82) is 0 Å². The van der Waals surface area contributed by atoms with Crippen LogP contribution in [-0.4, -0.2) is 58.1 Å². The average Bonchev–Trinajstić information content (AvgIpc) is 2.73. The molecule has 2 unspecified atom stereocenters. The fourth-order valence-corrected chi connectivity index (χ4v) is 3.14. The van der Waals surface area contributed by atoms with Gasteiger partial charge in [-0.05, 0) is 26.7 Å². The molecule has 0 aromatic heterocycles. The van der Waals surface area contributed by atoms with Crippen LogP contribution in [0.5, 0.6) is 0 Å². The Bertz CT molecular complexity index is 485. The van der Waals surface area contributed by atoms with Crippen LogP contribution in [0, 0.1) is 11.8 Å². The van der Waals surface area contributed by atoms with Gasteiger partial charge in [0.05, 0.1) is 17.5 Å². The second kappa shape index (κ2) is 6.24. The van der Waals surface area contributed by atoms with Crippen molar-refractivity contribution in [2.24, 2.45) is 17.0 Å². The Kier molecular flexibility index (Phi) is 4.59. The van der Waals surface area contributed by atoms with Gasteiger partial charge in [0.1, 0.15) is 6.54 Å². The summed E-state index contributed by atoms with van der Waals surface area (Å²) in [7, 11) is 0. The number of fused-ring (bicyclic) bond motifs is 1. The molecule has 1 aliphatic heterocycles. The summed E-state index contributed by atoms with van der Waals surface area (Å²) in [6.45, 7) is 4.65. The van der Waals surface area contributed by atoms with Crippen molar-refractivity contribution in [3.05, 3.63) is 0 Å². The second-order valence-corrected chi connectivity index (χ2v) is 5.45. The van der Waals surface area contributed by atoms with Crippen molar-refractivity contribution >= 4 is 23.4 Å². The molecule has 1 saturated carbocycles. The number of likely N-dealkylation sites (N-methyl/N-ethyl adjacent to an activating group) is 1. The minimum absolute atomic E-state index is 0.183. The Hall–Kier alpha value is -1.92. The van der Waals surface area contributed by atoms with Crippen LogP contribution in [0.25, 0.3) is 0 Å².